The lowest BCUT2D eigenvalue weighted by Gasteiger charge is -2.36. The SMILES string of the molecule is CN(C)[C@H]1CC[C@@H](c2cccc(Cl)c2)c2ccc(NS(C)(=O)=O)cc21. The maximum atomic E-state index is 11.6. The number of halogens is 1. The van der Waals surface area contributed by atoms with Gasteiger partial charge in [-0.2, -0.15) is 0 Å². The maximum Gasteiger partial charge on any atom is 0.229 e. The van der Waals surface area contributed by atoms with Gasteiger partial charge in [0.25, 0.3) is 0 Å². The summed E-state index contributed by atoms with van der Waals surface area (Å²) >= 11 is 6.18. The highest BCUT2D eigenvalue weighted by Crippen LogP contribution is 2.44. The molecule has 1 aliphatic rings. The number of rotatable bonds is 4. The minimum absolute atomic E-state index is 0.270. The zero-order valence-electron chi connectivity index (χ0n) is 14.7. The topological polar surface area (TPSA) is 49.4 Å². The first-order chi connectivity index (χ1) is 11.7. The smallest absolute Gasteiger partial charge is 0.229 e. The number of sulfonamides is 1. The fourth-order valence-corrected chi connectivity index (χ4v) is 4.45. The molecule has 0 radical (unpaired) electrons. The van der Waals surface area contributed by atoms with Crippen molar-refractivity contribution in [3.63, 3.8) is 0 Å². The average Bonchev–Trinajstić information content (AvgIpc) is 2.52. The third-order valence-electron chi connectivity index (χ3n) is 4.73. The number of hydrogen-bond acceptors (Lipinski definition) is 3. The summed E-state index contributed by atoms with van der Waals surface area (Å²) in [5, 5.41) is 0.740. The van der Waals surface area contributed by atoms with Crippen LogP contribution in [0, 0.1) is 0 Å². The molecule has 6 heteroatoms. The Hall–Kier alpha value is -1.56. The first kappa shape index (κ1) is 18.2. The summed E-state index contributed by atoms with van der Waals surface area (Å²) in [5.41, 5.74) is 4.23. The van der Waals surface area contributed by atoms with Crippen LogP contribution in [0.2, 0.25) is 5.02 Å². The summed E-state index contributed by atoms with van der Waals surface area (Å²) in [5.74, 6) is 0.275. The lowest BCUT2D eigenvalue weighted by Crippen LogP contribution is -2.26. The zero-order chi connectivity index (χ0) is 18.2. The van der Waals surface area contributed by atoms with Gasteiger partial charge in [-0.15, -0.1) is 0 Å². The Morgan fingerprint density at radius 3 is 2.48 bits per heavy atom. The van der Waals surface area contributed by atoms with Crippen molar-refractivity contribution in [3.05, 3.63) is 64.2 Å². The molecule has 0 bridgehead atoms. The molecule has 0 fully saturated rings. The van der Waals surface area contributed by atoms with Crippen molar-refractivity contribution in [3.8, 4) is 0 Å². The van der Waals surface area contributed by atoms with Gasteiger partial charge in [-0.1, -0.05) is 29.8 Å². The molecule has 0 amide bonds. The number of hydrogen-bond donors (Lipinski definition) is 1. The van der Waals surface area contributed by atoms with E-state index in [0.717, 1.165) is 17.9 Å². The van der Waals surface area contributed by atoms with Crippen LogP contribution in [0.3, 0.4) is 0 Å². The third kappa shape index (κ3) is 4.17. The molecule has 2 aromatic rings. The first-order valence-electron chi connectivity index (χ1n) is 8.28. The van der Waals surface area contributed by atoms with Crippen LogP contribution in [-0.2, 0) is 10.0 Å². The Bertz CT molecular complexity index is 881. The second-order valence-corrected chi connectivity index (χ2v) is 9.07. The van der Waals surface area contributed by atoms with Crippen molar-refractivity contribution >= 4 is 27.3 Å². The molecule has 25 heavy (non-hydrogen) atoms. The van der Waals surface area contributed by atoms with Gasteiger partial charge in [0.05, 0.1) is 6.26 Å². The molecule has 0 saturated carbocycles. The lowest BCUT2D eigenvalue weighted by atomic mass is 9.76. The fourth-order valence-electron chi connectivity index (χ4n) is 3.70. The molecule has 3 rings (SSSR count). The van der Waals surface area contributed by atoms with Crippen LogP contribution >= 0.6 is 11.6 Å². The molecule has 2 atom stereocenters. The average molecular weight is 379 g/mol. The van der Waals surface area contributed by atoms with Gasteiger partial charge >= 0.3 is 0 Å². The fraction of sp³-hybridized carbons (Fsp3) is 0.368. The molecule has 0 unspecified atom stereocenters. The molecule has 0 aromatic heterocycles. The predicted octanol–water partition coefficient (Wildman–Crippen LogP) is 4.24. The Balaban J connectivity index is 2.07. The van der Waals surface area contributed by atoms with E-state index >= 15 is 0 Å². The second-order valence-electron chi connectivity index (χ2n) is 6.88. The number of anilines is 1. The lowest BCUT2D eigenvalue weighted by molar-refractivity contribution is 0.263. The highest BCUT2D eigenvalue weighted by molar-refractivity contribution is 7.92. The molecule has 0 heterocycles. The van der Waals surface area contributed by atoms with Crippen molar-refractivity contribution in [2.75, 3.05) is 25.1 Å². The minimum Gasteiger partial charge on any atom is -0.302 e. The maximum absolute atomic E-state index is 11.6. The van der Waals surface area contributed by atoms with Gasteiger partial charge in [0, 0.05) is 22.7 Å². The van der Waals surface area contributed by atoms with E-state index in [1.807, 2.05) is 36.4 Å². The van der Waals surface area contributed by atoms with E-state index in [1.165, 1.54) is 22.9 Å². The van der Waals surface area contributed by atoms with Crippen molar-refractivity contribution < 1.29 is 8.42 Å². The summed E-state index contributed by atoms with van der Waals surface area (Å²) in [6, 6.07) is 14.1. The van der Waals surface area contributed by atoms with E-state index in [2.05, 4.69) is 29.8 Å². The molecular formula is C19H23ClN2O2S. The van der Waals surface area contributed by atoms with Crippen LogP contribution in [0.5, 0.6) is 0 Å². The van der Waals surface area contributed by atoms with Gasteiger partial charge < -0.3 is 4.90 Å². The van der Waals surface area contributed by atoms with Crippen LogP contribution < -0.4 is 4.72 Å². The van der Waals surface area contributed by atoms with Crippen molar-refractivity contribution in [2.45, 2.75) is 24.8 Å². The van der Waals surface area contributed by atoms with Crippen molar-refractivity contribution in [1.82, 2.24) is 4.90 Å². The van der Waals surface area contributed by atoms with E-state index in [4.69, 9.17) is 11.6 Å². The zero-order valence-corrected chi connectivity index (χ0v) is 16.2. The predicted molar refractivity (Wildman–Crippen MR) is 104 cm³/mol. The normalized spacial score (nSPS) is 20.4. The van der Waals surface area contributed by atoms with Crippen LogP contribution in [-0.4, -0.2) is 33.7 Å². The van der Waals surface area contributed by atoms with Gasteiger partial charge in [-0.3, -0.25) is 4.72 Å². The number of benzene rings is 2. The summed E-state index contributed by atoms with van der Waals surface area (Å²) in [7, 11) is 0.827. The Morgan fingerprint density at radius 2 is 1.84 bits per heavy atom. The number of fused-ring (bicyclic) bond motifs is 1. The van der Waals surface area contributed by atoms with Crippen LogP contribution in [0.25, 0.3) is 0 Å². The quantitative estimate of drug-likeness (QED) is 0.865. The van der Waals surface area contributed by atoms with Gasteiger partial charge in [0.1, 0.15) is 0 Å². The summed E-state index contributed by atoms with van der Waals surface area (Å²) in [6.45, 7) is 0. The first-order valence-corrected chi connectivity index (χ1v) is 10.5. The molecule has 1 aliphatic carbocycles. The molecule has 4 nitrogen and oxygen atoms in total. The van der Waals surface area contributed by atoms with E-state index in [9.17, 15) is 8.42 Å². The largest absolute Gasteiger partial charge is 0.302 e. The van der Waals surface area contributed by atoms with Crippen LogP contribution in [0.4, 0.5) is 5.69 Å². The number of nitrogens with one attached hydrogen (secondary N) is 1. The molecule has 0 saturated heterocycles. The standard InChI is InChI=1S/C19H23ClN2O2S/c1-22(2)19-10-9-16(13-5-4-6-14(20)11-13)17-8-7-15(12-18(17)19)21-25(3,23)24/h4-8,11-12,16,19,21H,9-10H2,1-3H3/t16-,19-/m0/s1. The molecular weight excluding hydrogens is 356 g/mol. The van der Waals surface area contributed by atoms with Gasteiger partial charge in [0.2, 0.25) is 10.0 Å². The Labute approximate surface area is 154 Å². The minimum atomic E-state index is -3.29. The van der Waals surface area contributed by atoms with Crippen molar-refractivity contribution in [1.29, 1.82) is 0 Å². The summed E-state index contributed by atoms with van der Waals surface area (Å²) < 4.78 is 25.7. The highest BCUT2D eigenvalue weighted by Gasteiger charge is 2.29. The van der Waals surface area contributed by atoms with Gasteiger partial charge in [-0.25, -0.2) is 8.42 Å². The summed E-state index contributed by atoms with van der Waals surface area (Å²) in [6.07, 6.45) is 3.22. The molecule has 0 aliphatic heterocycles. The van der Waals surface area contributed by atoms with E-state index < -0.39 is 10.0 Å². The molecule has 1 N–H and O–H groups in total. The third-order valence-corrected chi connectivity index (χ3v) is 5.57. The van der Waals surface area contributed by atoms with Gasteiger partial charge in [0.15, 0.2) is 0 Å². The monoisotopic (exact) mass is 378 g/mol. The summed E-state index contributed by atoms with van der Waals surface area (Å²) in [4.78, 5) is 2.19. The van der Waals surface area contributed by atoms with E-state index in [0.29, 0.717) is 5.69 Å². The Morgan fingerprint density at radius 1 is 1.08 bits per heavy atom. The molecule has 134 valence electrons. The Kier molecular flexibility index (Phi) is 5.09. The number of nitrogens with zero attached hydrogens (tertiary/aromatic N) is 1. The van der Waals surface area contributed by atoms with Crippen LogP contribution in [0.1, 0.15) is 41.5 Å². The van der Waals surface area contributed by atoms with Crippen molar-refractivity contribution in [2.24, 2.45) is 0 Å². The van der Waals surface area contributed by atoms with Crippen LogP contribution in [0.15, 0.2) is 42.5 Å². The van der Waals surface area contributed by atoms with E-state index in [-0.39, 0.29) is 12.0 Å². The van der Waals surface area contributed by atoms with E-state index in [1.54, 1.807) is 0 Å². The highest BCUT2D eigenvalue weighted by atomic mass is 35.5. The second kappa shape index (κ2) is 6.98. The molecule has 2 aromatic carbocycles. The molecule has 0 spiro atoms. The van der Waals surface area contributed by atoms with Gasteiger partial charge in [-0.05, 0) is 67.9 Å².